The Balaban J connectivity index is 1.72. The zero-order valence-corrected chi connectivity index (χ0v) is 16.0. The first kappa shape index (κ1) is 18.6. The number of nitrogens with one attached hydrogen (secondary N) is 1. The van der Waals surface area contributed by atoms with Crippen molar-refractivity contribution >= 4 is 23.1 Å². The van der Waals surface area contributed by atoms with Gasteiger partial charge in [0.1, 0.15) is 0 Å². The molecule has 3 rings (SSSR count). The van der Waals surface area contributed by atoms with E-state index in [1.54, 1.807) is 0 Å². The van der Waals surface area contributed by atoms with Crippen LogP contribution >= 0.6 is 12.2 Å². The van der Waals surface area contributed by atoms with Crippen molar-refractivity contribution in [3.8, 4) is 0 Å². The van der Waals surface area contributed by atoms with E-state index < -0.39 is 0 Å². The van der Waals surface area contributed by atoms with Crippen LogP contribution in [0.25, 0.3) is 0 Å². The molecule has 4 heteroatoms. The number of thiocarbonyl (C=S) groups is 1. The molecular formula is C22H26N2OS. The van der Waals surface area contributed by atoms with Crippen LogP contribution in [0.15, 0.2) is 60.7 Å². The maximum atomic E-state index is 12.7. The Morgan fingerprint density at radius 1 is 1.08 bits per heavy atom. The minimum atomic E-state index is -0.115. The summed E-state index contributed by atoms with van der Waals surface area (Å²) < 4.78 is 0. The molecule has 1 saturated heterocycles. The summed E-state index contributed by atoms with van der Waals surface area (Å²) in [6.07, 6.45) is 2.72. The molecule has 1 aliphatic rings. The third-order valence-electron chi connectivity index (χ3n) is 5.06. The monoisotopic (exact) mass is 366 g/mol. The van der Waals surface area contributed by atoms with Crippen molar-refractivity contribution < 1.29 is 4.79 Å². The fraction of sp³-hybridized carbons (Fsp3) is 0.364. The number of piperidine rings is 1. The van der Waals surface area contributed by atoms with Crippen molar-refractivity contribution in [1.82, 2.24) is 10.2 Å². The number of Topliss-reactive ketones (excluding diaryl/α,β-unsaturated/α-hetero) is 1. The molecule has 0 spiro atoms. The molecule has 26 heavy (non-hydrogen) atoms. The van der Waals surface area contributed by atoms with Crippen LogP contribution in [0.3, 0.4) is 0 Å². The number of likely N-dealkylation sites (tertiary alicyclic amines) is 1. The van der Waals surface area contributed by atoms with Crippen molar-refractivity contribution in [2.24, 2.45) is 5.92 Å². The van der Waals surface area contributed by atoms with Crippen LogP contribution in [0.5, 0.6) is 0 Å². The van der Waals surface area contributed by atoms with E-state index in [1.807, 2.05) is 48.5 Å². The second-order valence-electron chi connectivity index (χ2n) is 7.08. The van der Waals surface area contributed by atoms with Crippen molar-refractivity contribution in [3.05, 3.63) is 71.8 Å². The van der Waals surface area contributed by atoms with E-state index >= 15 is 0 Å². The first-order valence-electron chi connectivity index (χ1n) is 9.32. The number of nitrogens with zero attached hydrogens (tertiary/aromatic N) is 1. The van der Waals surface area contributed by atoms with Crippen molar-refractivity contribution in [2.75, 3.05) is 13.1 Å². The van der Waals surface area contributed by atoms with Gasteiger partial charge in [-0.1, -0.05) is 67.6 Å². The van der Waals surface area contributed by atoms with Crippen LogP contribution < -0.4 is 5.32 Å². The Morgan fingerprint density at radius 2 is 1.65 bits per heavy atom. The number of carbonyl (C=O) groups excluding carboxylic acids is 1. The molecule has 0 aromatic heterocycles. The normalized spacial score (nSPS) is 16.1. The highest BCUT2D eigenvalue weighted by Crippen LogP contribution is 2.21. The molecule has 0 radical (unpaired) electrons. The van der Waals surface area contributed by atoms with E-state index in [0.717, 1.165) is 35.2 Å². The van der Waals surface area contributed by atoms with Crippen LogP contribution in [-0.2, 0) is 0 Å². The zero-order valence-electron chi connectivity index (χ0n) is 15.2. The maximum absolute atomic E-state index is 12.7. The molecule has 3 nitrogen and oxygen atoms in total. The Bertz CT molecular complexity index is 724. The SMILES string of the molecule is CC1CCN(C(=S)NC(CC(=O)c2ccccc2)c2ccccc2)CC1. The maximum Gasteiger partial charge on any atom is 0.169 e. The molecule has 0 aliphatic carbocycles. The average molecular weight is 367 g/mol. The van der Waals surface area contributed by atoms with Crippen LogP contribution in [0.2, 0.25) is 0 Å². The number of benzene rings is 2. The predicted molar refractivity (Wildman–Crippen MR) is 110 cm³/mol. The van der Waals surface area contributed by atoms with Gasteiger partial charge in [-0.25, -0.2) is 0 Å². The minimum absolute atomic E-state index is 0.115. The van der Waals surface area contributed by atoms with E-state index in [9.17, 15) is 4.79 Å². The molecule has 0 saturated carbocycles. The van der Waals surface area contributed by atoms with Gasteiger partial charge in [-0.3, -0.25) is 4.79 Å². The Kier molecular flexibility index (Phi) is 6.40. The van der Waals surface area contributed by atoms with Crippen LogP contribution in [0, 0.1) is 5.92 Å². The van der Waals surface area contributed by atoms with Gasteiger partial charge in [0.25, 0.3) is 0 Å². The molecule has 2 aromatic rings. The molecule has 1 N–H and O–H groups in total. The fourth-order valence-corrected chi connectivity index (χ4v) is 3.64. The number of hydrogen-bond donors (Lipinski definition) is 1. The molecule has 1 unspecified atom stereocenters. The van der Waals surface area contributed by atoms with Gasteiger partial charge in [0, 0.05) is 25.1 Å². The lowest BCUT2D eigenvalue weighted by Crippen LogP contribution is -2.45. The third kappa shape index (κ3) is 4.92. The van der Waals surface area contributed by atoms with Crippen molar-refractivity contribution in [1.29, 1.82) is 0 Å². The Hall–Kier alpha value is -2.20. The molecule has 1 fully saturated rings. The van der Waals surface area contributed by atoms with Crippen molar-refractivity contribution in [2.45, 2.75) is 32.2 Å². The summed E-state index contributed by atoms with van der Waals surface area (Å²) in [4.78, 5) is 15.0. The predicted octanol–water partition coefficient (Wildman–Crippen LogP) is 4.61. The Morgan fingerprint density at radius 3 is 2.27 bits per heavy atom. The highest BCUT2D eigenvalue weighted by molar-refractivity contribution is 7.80. The summed E-state index contributed by atoms with van der Waals surface area (Å²) in [5, 5.41) is 4.21. The van der Waals surface area contributed by atoms with E-state index in [-0.39, 0.29) is 11.8 Å². The summed E-state index contributed by atoms with van der Waals surface area (Å²) in [6, 6.07) is 19.5. The molecule has 1 heterocycles. The summed E-state index contributed by atoms with van der Waals surface area (Å²) in [7, 11) is 0. The van der Waals surface area contributed by atoms with Crippen LogP contribution in [0.4, 0.5) is 0 Å². The summed E-state index contributed by atoms with van der Waals surface area (Å²) >= 11 is 5.66. The highest BCUT2D eigenvalue weighted by Gasteiger charge is 2.22. The van der Waals surface area contributed by atoms with E-state index in [2.05, 4.69) is 29.3 Å². The lowest BCUT2D eigenvalue weighted by molar-refractivity contribution is 0.0971. The molecule has 2 aromatic carbocycles. The van der Waals surface area contributed by atoms with E-state index in [0.29, 0.717) is 6.42 Å². The quantitative estimate of drug-likeness (QED) is 0.619. The summed E-state index contributed by atoms with van der Waals surface area (Å²) in [5.74, 6) is 0.889. The highest BCUT2D eigenvalue weighted by atomic mass is 32.1. The second kappa shape index (κ2) is 8.95. The lowest BCUT2D eigenvalue weighted by atomic mass is 9.97. The fourth-order valence-electron chi connectivity index (χ4n) is 3.32. The van der Waals surface area contributed by atoms with Gasteiger partial charge in [0.2, 0.25) is 0 Å². The Labute approximate surface area is 161 Å². The van der Waals surface area contributed by atoms with Gasteiger partial charge in [-0.15, -0.1) is 0 Å². The molecular weight excluding hydrogens is 340 g/mol. The third-order valence-corrected chi connectivity index (χ3v) is 5.43. The summed E-state index contributed by atoms with van der Waals surface area (Å²) in [5.41, 5.74) is 1.83. The number of ketones is 1. The molecule has 1 aliphatic heterocycles. The molecule has 1 atom stereocenters. The van der Waals surface area contributed by atoms with Crippen molar-refractivity contribution in [3.63, 3.8) is 0 Å². The van der Waals surface area contributed by atoms with Crippen LogP contribution in [0.1, 0.15) is 48.1 Å². The average Bonchev–Trinajstić information content (AvgIpc) is 2.69. The summed E-state index contributed by atoms with van der Waals surface area (Å²) in [6.45, 7) is 4.27. The van der Waals surface area contributed by atoms with Crippen LogP contribution in [-0.4, -0.2) is 28.9 Å². The minimum Gasteiger partial charge on any atom is -0.355 e. The second-order valence-corrected chi connectivity index (χ2v) is 7.46. The molecule has 0 bridgehead atoms. The van der Waals surface area contributed by atoms with E-state index in [4.69, 9.17) is 12.2 Å². The van der Waals surface area contributed by atoms with Gasteiger partial charge < -0.3 is 10.2 Å². The number of rotatable bonds is 5. The van der Waals surface area contributed by atoms with Gasteiger partial charge in [-0.05, 0) is 36.5 Å². The zero-order chi connectivity index (χ0) is 18.4. The standard InChI is InChI=1S/C22H26N2OS/c1-17-12-14-24(15-13-17)22(26)23-20(18-8-4-2-5-9-18)16-21(25)19-10-6-3-7-11-19/h2-11,17,20H,12-16H2,1H3,(H,23,26). The van der Waals surface area contributed by atoms with E-state index in [1.165, 1.54) is 12.8 Å². The first-order valence-corrected chi connectivity index (χ1v) is 9.73. The number of hydrogen-bond acceptors (Lipinski definition) is 2. The number of carbonyl (C=O) groups is 1. The van der Waals surface area contributed by atoms with Gasteiger partial charge in [0.15, 0.2) is 10.9 Å². The molecule has 136 valence electrons. The smallest absolute Gasteiger partial charge is 0.169 e. The first-order chi connectivity index (χ1) is 12.6. The van der Waals surface area contributed by atoms with Gasteiger partial charge in [0.05, 0.1) is 6.04 Å². The largest absolute Gasteiger partial charge is 0.355 e. The van der Waals surface area contributed by atoms with Gasteiger partial charge >= 0.3 is 0 Å². The van der Waals surface area contributed by atoms with Gasteiger partial charge in [-0.2, -0.15) is 0 Å². The lowest BCUT2D eigenvalue weighted by Gasteiger charge is -2.34. The topological polar surface area (TPSA) is 32.3 Å². The molecule has 0 amide bonds.